The third-order valence-electron chi connectivity index (χ3n) is 3.48. The lowest BCUT2D eigenvalue weighted by molar-refractivity contribution is -0.415. The normalized spacial score (nSPS) is 31.2. The van der Waals surface area contributed by atoms with E-state index in [1.165, 1.54) is 5.56 Å². The zero-order chi connectivity index (χ0) is 13.2. The number of rotatable bonds is 1. The average molecular weight is 266 g/mol. The highest BCUT2D eigenvalue weighted by Crippen LogP contribution is 2.42. The molecule has 3 atom stereocenters. The first-order chi connectivity index (χ1) is 9.27. The second-order valence-electron chi connectivity index (χ2n) is 5.06. The summed E-state index contributed by atoms with van der Waals surface area (Å²) in [6.07, 6.45) is -0.959. The Morgan fingerprint density at radius 2 is 1.89 bits per heavy atom. The van der Waals surface area contributed by atoms with Crippen molar-refractivity contribution in [2.24, 2.45) is 5.92 Å². The number of benzene rings is 1. The Kier molecular flexibility index (Phi) is 3.81. The van der Waals surface area contributed by atoms with Gasteiger partial charge >= 0.3 is 0 Å². The third kappa shape index (κ3) is 2.52. The minimum absolute atomic E-state index is 0.0355. The van der Waals surface area contributed by atoms with Crippen molar-refractivity contribution in [2.45, 2.75) is 32.3 Å². The summed E-state index contributed by atoms with van der Waals surface area (Å²) >= 11 is 0. The van der Waals surface area contributed by atoms with E-state index in [2.05, 4.69) is 19.9 Å². The average Bonchev–Trinajstić information content (AvgIpc) is 2.50. The molecule has 0 amide bonds. The molecule has 19 heavy (non-hydrogen) atoms. The molecular weight excluding hydrogens is 248 g/mol. The van der Waals surface area contributed by atoms with Crippen LogP contribution in [0.15, 0.2) is 24.3 Å². The van der Waals surface area contributed by atoms with Gasteiger partial charge in [0.2, 0.25) is 6.29 Å². The first-order valence-electron chi connectivity index (χ1n) is 6.49. The monoisotopic (exact) mass is 266 g/mol. The van der Waals surface area contributed by atoms with Gasteiger partial charge in [-0.05, 0) is 11.5 Å². The quantitative estimate of drug-likeness (QED) is 0.731. The predicted molar refractivity (Wildman–Crippen MR) is 65.7 cm³/mol. The Morgan fingerprint density at radius 1 is 1.11 bits per heavy atom. The van der Waals surface area contributed by atoms with Crippen molar-refractivity contribution in [1.29, 1.82) is 0 Å². The van der Waals surface area contributed by atoms with Crippen molar-refractivity contribution >= 4 is 0 Å². The number of hydrogen-bond acceptors (Lipinski definition) is 5. The van der Waals surface area contributed by atoms with Gasteiger partial charge < -0.3 is 14.2 Å². The lowest BCUT2D eigenvalue weighted by Gasteiger charge is -2.37. The fraction of sp³-hybridized carbons (Fsp3) is 0.571. The second kappa shape index (κ2) is 5.56. The van der Waals surface area contributed by atoms with Gasteiger partial charge in [0.15, 0.2) is 19.9 Å². The smallest absolute Gasteiger partial charge is 0.201 e. The van der Waals surface area contributed by atoms with Crippen molar-refractivity contribution in [2.75, 3.05) is 13.6 Å². The summed E-state index contributed by atoms with van der Waals surface area (Å²) < 4.78 is 16.6. The molecule has 1 fully saturated rings. The van der Waals surface area contributed by atoms with Crippen LogP contribution in [0, 0.1) is 5.92 Å². The molecule has 0 spiro atoms. The summed E-state index contributed by atoms with van der Waals surface area (Å²) in [6, 6.07) is 8.11. The summed E-state index contributed by atoms with van der Waals surface area (Å²) in [5.74, 6) is 0.464. The fourth-order valence-corrected chi connectivity index (χ4v) is 2.61. The molecule has 1 aromatic rings. The van der Waals surface area contributed by atoms with Crippen molar-refractivity contribution in [3.05, 3.63) is 35.4 Å². The van der Waals surface area contributed by atoms with Crippen LogP contribution in [0.4, 0.5) is 0 Å². The molecule has 0 unspecified atom stereocenters. The predicted octanol–water partition coefficient (Wildman–Crippen LogP) is 2.69. The lowest BCUT2D eigenvalue weighted by Crippen LogP contribution is -2.36. The minimum Gasteiger partial charge on any atom is -0.326 e. The van der Waals surface area contributed by atoms with Gasteiger partial charge in [-0.15, -0.1) is 0 Å². The molecule has 0 N–H and O–H groups in total. The van der Waals surface area contributed by atoms with Crippen LogP contribution < -0.4 is 0 Å². The zero-order valence-electron chi connectivity index (χ0n) is 11.1. The Morgan fingerprint density at radius 3 is 2.68 bits per heavy atom. The van der Waals surface area contributed by atoms with Gasteiger partial charge in [-0.3, -0.25) is 0 Å². The van der Waals surface area contributed by atoms with Crippen LogP contribution in [-0.2, 0) is 24.0 Å². The Labute approximate surface area is 112 Å². The molecule has 0 aliphatic carbocycles. The molecule has 1 saturated heterocycles. The summed E-state index contributed by atoms with van der Waals surface area (Å²) in [5.41, 5.74) is 2.22. The van der Waals surface area contributed by atoms with Crippen molar-refractivity contribution in [3.63, 3.8) is 0 Å². The summed E-state index contributed by atoms with van der Waals surface area (Å²) in [6.45, 7) is 4.42. The van der Waals surface area contributed by atoms with Crippen LogP contribution in [0.25, 0.3) is 0 Å². The van der Waals surface area contributed by atoms with E-state index >= 15 is 0 Å². The number of ether oxygens (including phenoxy) is 3. The van der Waals surface area contributed by atoms with E-state index in [9.17, 15) is 0 Å². The van der Waals surface area contributed by atoms with E-state index in [-0.39, 0.29) is 19.5 Å². The molecular formula is C14H18O5. The van der Waals surface area contributed by atoms with E-state index < -0.39 is 12.6 Å². The maximum atomic E-state index is 5.86. The van der Waals surface area contributed by atoms with Gasteiger partial charge in [-0.25, -0.2) is 9.78 Å². The van der Waals surface area contributed by atoms with Gasteiger partial charge in [0.25, 0.3) is 0 Å². The summed E-state index contributed by atoms with van der Waals surface area (Å²) in [4.78, 5) is 10.3. The van der Waals surface area contributed by atoms with Gasteiger partial charge in [0.05, 0.1) is 0 Å². The Balaban J connectivity index is 2.00. The molecule has 0 radical (unpaired) electrons. The molecule has 3 rings (SSSR count). The highest BCUT2D eigenvalue weighted by atomic mass is 17.2. The van der Waals surface area contributed by atoms with Crippen molar-refractivity contribution in [3.8, 4) is 0 Å². The van der Waals surface area contributed by atoms with E-state index in [4.69, 9.17) is 24.0 Å². The van der Waals surface area contributed by atoms with E-state index in [0.717, 1.165) is 5.56 Å². The van der Waals surface area contributed by atoms with Crippen LogP contribution in [0.1, 0.15) is 37.2 Å². The number of hydrogen-bond donors (Lipinski definition) is 0. The van der Waals surface area contributed by atoms with Crippen LogP contribution in [-0.4, -0.2) is 19.9 Å². The minimum atomic E-state index is -0.485. The standard InChI is InChI=1S/C14H18O5/c1-9(2)12-10-5-3-4-6-11(10)13-16-7-15-8-17-19-14(12)18-13/h3-6,9,12-14H,7-8H2,1-2H3/t12-,13+,14+/m0/s1. The molecule has 5 nitrogen and oxygen atoms in total. The first-order valence-corrected chi connectivity index (χ1v) is 6.49. The molecule has 2 bridgehead atoms. The van der Waals surface area contributed by atoms with E-state index in [0.29, 0.717) is 5.92 Å². The molecule has 2 heterocycles. The summed E-state index contributed by atoms with van der Waals surface area (Å²) in [7, 11) is 0. The molecule has 1 aromatic carbocycles. The second-order valence-corrected chi connectivity index (χ2v) is 5.06. The van der Waals surface area contributed by atoms with E-state index in [1.54, 1.807) is 0 Å². The van der Waals surface area contributed by atoms with Gasteiger partial charge in [0, 0.05) is 11.5 Å². The number of fused-ring (bicyclic) bond motifs is 4. The topological polar surface area (TPSA) is 46.2 Å². The molecule has 104 valence electrons. The zero-order valence-corrected chi connectivity index (χ0v) is 11.1. The van der Waals surface area contributed by atoms with Crippen LogP contribution in [0.3, 0.4) is 0 Å². The first kappa shape index (κ1) is 13.0. The van der Waals surface area contributed by atoms with Crippen LogP contribution in [0.5, 0.6) is 0 Å². The molecule has 5 heteroatoms. The highest BCUT2D eigenvalue weighted by Gasteiger charge is 2.39. The largest absolute Gasteiger partial charge is 0.326 e. The SMILES string of the molecule is CC(C)[C@H]1c2ccccc2[C@@H]2OCOCOO[C@H]1O2. The molecule has 0 saturated carbocycles. The molecule has 2 aliphatic rings. The Bertz CT molecular complexity index is 434. The lowest BCUT2D eigenvalue weighted by atomic mass is 9.83. The third-order valence-corrected chi connectivity index (χ3v) is 3.48. The van der Waals surface area contributed by atoms with Crippen LogP contribution in [0.2, 0.25) is 0 Å². The molecule has 2 aliphatic heterocycles. The van der Waals surface area contributed by atoms with Crippen LogP contribution >= 0.6 is 0 Å². The maximum absolute atomic E-state index is 5.86. The van der Waals surface area contributed by atoms with Gasteiger partial charge in [-0.1, -0.05) is 38.1 Å². The van der Waals surface area contributed by atoms with Gasteiger partial charge in [-0.2, -0.15) is 0 Å². The van der Waals surface area contributed by atoms with Crippen molar-refractivity contribution < 1.29 is 24.0 Å². The molecule has 0 aromatic heterocycles. The highest BCUT2D eigenvalue weighted by molar-refractivity contribution is 5.34. The Hall–Kier alpha value is -0.980. The maximum Gasteiger partial charge on any atom is 0.201 e. The summed E-state index contributed by atoms with van der Waals surface area (Å²) in [5, 5.41) is 0. The fourth-order valence-electron chi connectivity index (χ4n) is 2.61. The van der Waals surface area contributed by atoms with Crippen molar-refractivity contribution in [1.82, 2.24) is 0 Å². The van der Waals surface area contributed by atoms with Gasteiger partial charge in [0.1, 0.15) is 0 Å². The van der Waals surface area contributed by atoms with E-state index in [1.807, 2.05) is 18.2 Å².